The minimum Gasteiger partial charge on any atom is -0.369 e. The fourth-order valence-electron chi connectivity index (χ4n) is 4.83. The standard InChI is InChI=1S/C25H26F2N6O2S/c1-15-7-17(28)14-32(13-15)23-5-6-29-11-16(23)8-24-30-12-18-3-4-22(31-33(18)24)25-20(26)9-19(10-21(25)27)36(2,34)35/h3-6,9-12,15,17H,7-8,13-14,28H2,1-2H3/t15-,17+/m1/s1. The minimum atomic E-state index is -3.77. The fraction of sp³-hybridized carbons (Fsp3) is 0.320. The zero-order valence-electron chi connectivity index (χ0n) is 19.9. The van der Waals surface area contributed by atoms with Crippen LogP contribution in [-0.4, -0.2) is 53.4 Å². The highest BCUT2D eigenvalue weighted by atomic mass is 32.2. The molecule has 0 aliphatic carbocycles. The molecule has 1 saturated heterocycles. The van der Waals surface area contributed by atoms with Crippen molar-refractivity contribution >= 4 is 21.0 Å². The van der Waals surface area contributed by atoms with Gasteiger partial charge in [-0.1, -0.05) is 6.92 Å². The van der Waals surface area contributed by atoms with Gasteiger partial charge in [0.2, 0.25) is 0 Å². The lowest BCUT2D eigenvalue weighted by Gasteiger charge is -2.37. The lowest BCUT2D eigenvalue weighted by Crippen LogP contribution is -2.46. The highest BCUT2D eigenvalue weighted by Crippen LogP contribution is 2.29. The van der Waals surface area contributed by atoms with Crippen molar-refractivity contribution in [3.05, 3.63) is 71.9 Å². The highest BCUT2D eigenvalue weighted by Gasteiger charge is 2.25. The molecule has 0 bridgehead atoms. The van der Waals surface area contributed by atoms with Gasteiger partial charge in [0.15, 0.2) is 9.84 Å². The number of nitrogens with zero attached hydrogens (tertiary/aromatic N) is 5. The fourth-order valence-corrected chi connectivity index (χ4v) is 5.46. The number of anilines is 1. The van der Waals surface area contributed by atoms with Crippen molar-refractivity contribution < 1.29 is 17.2 Å². The first-order valence-corrected chi connectivity index (χ1v) is 13.5. The Kier molecular flexibility index (Phi) is 6.21. The number of hydrogen-bond donors (Lipinski definition) is 1. The van der Waals surface area contributed by atoms with Gasteiger partial charge in [0.05, 0.1) is 27.9 Å². The second-order valence-corrected chi connectivity index (χ2v) is 11.5. The number of sulfone groups is 1. The van der Waals surface area contributed by atoms with Gasteiger partial charge >= 0.3 is 0 Å². The number of nitrogens with two attached hydrogens (primary N) is 1. The molecule has 1 aromatic carbocycles. The molecule has 3 aromatic heterocycles. The zero-order chi connectivity index (χ0) is 25.6. The lowest BCUT2D eigenvalue weighted by atomic mass is 9.95. The average molecular weight is 513 g/mol. The van der Waals surface area contributed by atoms with Crippen LogP contribution >= 0.6 is 0 Å². The van der Waals surface area contributed by atoms with Crippen molar-refractivity contribution in [2.45, 2.75) is 30.7 Å². The van der Waals surface area contributed by atoms with E-state index in [-0.39, 0.29) is 11.7 Å². The third kappa shape index (κ3) is 4.68. The number of piperidine rings is 1. The highest BCUT2D eigenvalue weighted by molar-refractivity contribution is 7.90. The van der Waals surface area contributed by atoms with Crippen LogP contribution in [-0.2, 0) is 16.3 Å². The van der Waals surface area contributed by atoms with E-state index in [1.807, 2.05) is 6.07 Å². The molecule has 11 heteroatoms. The number of pyridine rings is 1. The second kappa shape index (κ2) is 9.21. The maximum absolute atomic E-state index is 14.8. The molecule has 8 nitrogen and oxygen atoms in total. The molecule has 4 heterocycles. The van der Waals surface area contributed by atoms with Crippen LogP contribution in [0, 0.1) is 17.6 Å². The van der Waals surface area contributed by atoms with Gasteiger partial charge in [0.1, 0.15) is 17.5 Å². The molecule has 1 aliphatic rings. The Morgan fingerprint density at radius 1 is 1.11 bits per heavy atom. The molecule has 1 aliphatic heterocycles. The molecule has 0 radical (unpaired) electrons. The van der Waals surface area contributed by atoms with Crippen molar-refractivity contribution in [2.24, 2.45) is 11.7 Å². The molecule has 2 N–H and O–H groups in total. The van der Waals surface area contributed by atoms with Gasteiger partial charge in [-0.15, -0.1) is 0 Å². The molecule has 2 atom stereocenters. The Morgan fingerprint density at radius 2 is 1.86 bits per heavy atom. The largest absolute Gasteiger partial charge is 0.369 e. The molecule has 0 saturated carbocycles. The summed E-state index contributed by atoms with van der Waals surface area (Å²) in [5.74, 6) is -0.975. The van der Waals surface area contributed by atoms with Crippen molar-refractivity contribution in [1.29, 1.82) is 0 Å². The number of halogens is 2. The normalized spacial score (nSPS) is 18.6. The summed E-state index contributed by atoms with van der Waals surface area (Å²) >= 11 is 0. The Morgan fingerprint density at radius 3 is 2.56 bits per heavy atom. The van der Waals surface area contributed by atoms with E-state index in [4.69, 9.17) is 5.73 Å². The molecule has 0 unspecified atom stereocenters. The summed E-state index contributed by atoms with van der Waals surface area (Å²) in [7, 11) is -3.77. The Bertz CT molecular complexity index is 1520. The minimum absolute atomic E-state index is 0.0269. The molecule has 188 valence electrons. The molecular formula is C25H26F2N6O2S. The number of rotatable bonds is 5. The first kappa shape index (κ1) is 24.3. The van der Waals surface area contributed by atoms with Crippen LogP contribution in [0.25, 0.3) is 16.8 Å². The van der Waals surface area contributed by atoms with Crippen LogP contribution in [0.2, 0.25) is 0 Å². The van der Waals surface area contributed by atoms with Crippen molar-refractivity contribution in [3.63, 3.8) is 0 Å². The predicted molar refractivity (Wildman–Crippen MR) is 132 cm³/mol. The Hall–Kier alpha value is -3.44. The van der Waals surface area contributed by atoms with E-state index < -0.39 is 31.9 Å². The van der Waals surface area contributed by atoms with Crippen LogP contribution in [0.1, 0.15) is 24.7 Å². The van der Waals surface area contributed by atoms with Crippen LogP contribution in [0.3, 0.4) is 0 Å². The van der Waals surface area contributed by atoms with E-state index in [0.717, 1.165) is 49.1 Å². The average Bonchev–Trinajstić information content (AvgIpc) is 3.20. The van der Waals surface area contributed by atoms with Gasteiger partial charge < -0.3 is 10.6 Å². The summed E-state index contributed by atoms with van der Waals surface area (Å²) in [5, 5.41) is 4.45. The van der Waals surface area contributed by atoms with Gasteiger partial charge in [-0.05, 0) is 42.7 Å². The van der Waals surface area contributed by atoms with E-state index in [1.54, 1.807) is 29.2 Å². The van der Waals surface area contributed by atoms with Crippen LogP contribution in [0.4, 0.5) is 14.5 Å². The van der Waals surface area contributed by atoms with E-state index in [1.165, 1.54) is 6.07 Å². The van der Waals surface area contributed by atoms with Crippen LogP contribution in [0.15, 0.2) is 53.8 Å². The van der Waals surface area contributed by atoms with Crippen molar-refractivity contribution in [1.82, 2.24) is 19.6 Å². The molecular weight excluding hydrogens is 486 g/mol. The quantitative estimate of drug-likeness (QED) is 0.438. The van der Waals surface area contributed by atoms with Crippen molar-refractivity contribution in [2.75, 3.05) is 24.2 Å². The molecule has 36 heavy (non-hydrogen) atoms. The number of fused-ring (bicyclic) bond motifs is 1. The number of aromatic nitrogens is 4. The molecule has 4 aromatic rings. The maximum atomic E-state index is 14.8. The van der Waals surface area contributed by atoms with Crippen LogP contribution < -0.4 is 10.6 Å². The lowest BCUT2D eigenvalue weighted by molar-refractivity contribution is 0.401. The Labute approximate surface area is 207 Å². The van der Waals surface area contributed by atoms with E-state index >= 15 is 0 Å². The van der Waals surface area contributed by atoms with Gasteiger partial charge in [-0.25, -0.2) is 26.7 Å². The zero-order valence-corrected chi connectivity index (χ0v) is 20.7. The number of imidazole rings is 1. The first-order valence-electron chi connectivity index (χ1n) is 11.6. The molecule has 5 rings (SSSR count). The second-order valence-electron chi connectivity index (χ2n) is 9.45. The SMILES string of the molecule is C[C@@H]1C[C@H](N)CN(c2ccncc2Cc2ncc3ccc(-c4c(F)cc(S(C)(=O)=O)cc4F)nn23)C1. The van der Waals surface area contributed by atoms with E-state index in [0.29, 0.717) is 23.7 Å². The van der Waals surface area contributed by atoms with E-state index in [2.05, 4.69) is 26.9 Å². The van der Waals surface area contributed by atoms with Gasteiger partial charge in [-0.3, -0.25) is 4.98 Å². The summed E-state index contributed by atoms with van der Waals surface area (Å²) in [5.41, 5.74) is 8.50. The summed E-state index contributed by atoms with van der Waals surface area (Å²) in [6.07, 6.45) is 7.44. The topological polar surface area (TPSA) is 106 Å². The number of hydrogen-bond acceptors (Lipinski definition) is 7. The third-order valence-electron chi connectivity index (χ3n) is 6.41. The number of benzene rings is 1. The summed E-state index contributed by atoms with van der Waals surface area (Å²) in [6, 6.07) is 6.81. The Balaban J connectivity index is 1.52. The summed E-state index contributed by atoms with van der Waals surface area (Å²) in [6.45, 7) is 3.81. The maximum Gasteiger partial charge on any atom is 0.175 e. The summed E-state index contributed by atoms with van der Waals surface area (Å²) < 4.78 is 54.7. The smallest absolute Gasteiger partial charge is 0.175 e. The molecule has 0 spiro atoms. The van der Waals surface area contributed by atoms with E-state index in [9.17, 15) is 17.2 Å². The van der Waals surface area contributed by atoms with Crippen molar-refractivity contribution in [3.8, 4) is 11.3 Å². The predicted octanol–water partition coefficient (Wildman–Crippen LogP) is 3.24. The van der Waals surface area contributed by atoms with Gasteiger partial charge in [0, 0.05) is 55.5 Å². The first-order chi connectivity index (χ1) is 17.1. The third-order valence-corrected chi connectivity index (χ3v) is 7.51. The van der Waals surface area contributed by atoms with Crippen LogP contribution in [0.5, 0.6) is 0 Å². The van der Waals surface area contributed by atoms with Gasteiger partial charge in [0.25, 0.3) is 0 Å². The molecule has 1 fully saturated rings. The summed E-state index contributed by atoms with van der Waals surface area (Å²) in [4.78, 5) is 10.6. The molecule has 0 amide bonds. The van der Waals surface area contributed by atoms with Gasteiger partial charge in [-0.2, -0.15) is 5.10 Å². The monoisotopic (exact) mass is 512 g/mol.